The molecular weight excluding hydrogens is 481 g/mol. The van der Waals surface area contributed by atoms with Crippen molar-refractivity contribution >= 4 is 27.5 Å². The number of rotatable bonds is 11. The summed E-state index contributed by atoms with van der Waals surface area (Å²) in [6, 6.07) is 14.2. The number of hydrogen-bond acceptors (Lipinski definition) is 4. The third-order valence-corrected chi connectivity index (χ3v) is 7.81. The zero-order valence-corrected chi connectivity index (χ0v) is 21.8. The lowest BCUT2D eigenvalue weighted by Gasteiger charge is -2.31. The quantitative estimate of drug-likeness (QED) is 0.483. The molecule has 1 unspecified atom stereocenters. The van der Waals surface area contributed by atoms with Gasteiger partial charge in [-0.1, -0.05) is 55.7 Å². The highest BCUT2D eigenvalue weighted by Crippen LogP contribution is 2.20. The minimum atomic E-state index is -3.54. The highest BCUT2D eigenvalue weighted by atomic mass is 32.2. The average Bonchev–Trinajstić information content (AvgIpc) is 2.86. The number of carbonyl (C=O) groups is 2. The molecule has 0 radical (unpaired) electrons. The van der Waals surface area contributed by atoms with Gasteiger partial charge in [0.2, 0.25) is 21.8 Å². The first-order valence-electron chi connectivity index (χ1n) is 12.5. The lowest BCUT2D eigenvalue weighted by Crippen LogP contribution is -2.50. The van der Waals surface area contributed by atoms with E-state index in [1.165, 1.54) is 15.3 Å². The van der Waals surface area contributed by atoms with Gasteiger partial charge in [-0.3, -0.25) is 13.9 Å². The number of sulfonamides is 1. The number of anilines is 1. The minimum absolute atomic E-state index is 0.0222. The zero-order valence-electron chi connectivity index (χ0n) is 21.0. The van der Waals surface area contributed by atoms with Crippen LogP contribution < -0.4 is 9.62 Å². The van der Waals surface area contributed by atoms with Crippen molar-refractivity contribution in [3.8, 4) is 0 Å². The summed E-state index contributed by atoms with van der Waals surface area (Å²) in [6.45, 7) is 1.73. The van der Waals surface area contributed by atoms with Gasteiger partial charge in [0, 0.05) is 31.1 Å². The van der Waals surface area contributed by atoms with Gasteiger partial charge in [0.15, 0.2) is 0 Å². The fraction of sp³-hybridized carbons (Fsp3) is 0.481. The van der Waals surface area contributed by atoms with Crippen LogP contribution in [0.2, 0.25) is 0 Å². The third-order valence-electron chi connectivity index (χ3n) is 6.61. The second kappa shape index (κ2) is 12.9. The van der Waals surface area contributed by atoms with Crippen LogP contribution in [0.15, 0.2) is 54.6 Å². The van der Waals surface area contributed by atoms with Crippen LogP contribution in [-0.4, -0.2) is 50.0 Å². The Labute approximate surface area is 213 Å². The van der Waals surface area contributed by atoms with Gasteiger partial charge in [-0.05, 0) is 44.4 Å². The first-order chi connectivity index (χ1) is 17.2. The third kappa shape index (κ3) is 7.78. The summed E-state index contributed by atoms with van der Waals surface area (Å²) in [5.74, 6) is -1.03. The van der Waals surface area contributed by atoms with E-state index in [2.05, 4.69) is 5.32 Å². The molecule has 2 aromatic rings. The van der Waals surface area contributed by atoms with E-state index in [4.69, 9.17) is 0 Å². The van der Waals surface area contributed by atoms with Crippen molar-refractivity contribution in [2.75, 3.05) is 17.1 Å². The van der Waals surface area contributed by atoms with Crippen LogP contribution in [0.4, 0.5) is 10.1 Å². The van der Waals surface area contributed by atoms with E-state index >= 15 is 0 Å². The van der Waals surface area contributed by atoms with E-state index in [-0.39, 0.29) is 43.8 Å². The van der Waals surface area contributed by atoms with E-state index in [0.29, 0.717) is 11.3 Å². The normalized spacial score (nSPS) is 15.2. The highest BCUT2D eigenvalue weighted by molar-refractivity contribution is 7.92. The van der Waals surface area contributed by atoms with Crippen molar-refractivity contribution < 1.29 is 22.4 Å². The smallest absolute Gasteiger partial charge is 0.242 e. The van der Waals surface area contributed by atoms with E-state index < -0.39 is 21.9 Å². The van der Waals surface area contributed by atoms with E-state index in [0.717, 1.165) is 38.4 Å². The van der Waals surface area contributed by atoms with E-state index in [1.807, 2.05) is 0 Å². The Morgan fingerprint density at radius 1 is 1.03 bits per heavy atom. The van der Waals surface area contributed by atoms with Gasteiger partial charge in [0.1, 0.15) is 11.9 Å². The molecular formula is C27H36FN3O4S. The maximum absolute atomic E-state index is 14.4. The van der Waals surface area contributed by atoms with Crippen molar-refractivity contribution in [3.63, 3.8) is 0 Å². The van der Waals surface area contributed by atoms with Gasteiger partial charge < -0.3 is 10.2 Å². The molecule has 0 bridgehead atoms. The van der Waals surface area contributed by atoms with Gasteiger partial charge in [0.05, 0.1) is 11.9 Å². The number of para-hydroxylation sites is 1. The summed E-state index contributed by atoms with van der Waals surface area (Å²) in [5.41, 5.74) is 0.848. The van der Waals surface area contributed by atoms with Gasteiger partial charge in [0.25, 0.3) is 0 Å². The summed E-state index contributed by atoms with van der Waals surface area (Å²) in [6.07, 6.45) is 6.53. The number of nitrogens with zero attached hydrogens (tertiary/aromatic N) is 2. The molecule has 0 heterocycles. The van der Waals surface area contributed by atoms with Crippen molar-refractivity contribution in [1.82, 2.24) is 10.2 Å². The van der Waals surface area contributed by atoms with Crippen LogP contribution >= 0.6 is 0 Å². The van der Waals surface area contributed by atoms with Crippen LogP contribution in [-0.2, 0) is 26.2 Å². The molecule has 1 aliphatic carbocycles. The fourth-order valence-corrected chi connectivity index (χ4v) is 5.53. The van der Waals surface area contributed by atoms with Gasteiger partial charge in [-0.25, -0.2) is 12.8 Å². The molecule has 7 nitrogen and oxygen atoms in total. The molecule has 0 aromatic heterocycles. The Hall–Kier alpha value is -2.94. The maximum Gasteiger partial charge on any atom is 0.242 e. The molecule has 3 rings (SSSR count). The molecule has 2 amide bonds. The van der Waals surface area contributed by atoms with Crippen LogP contribution in [0.25, 0.3) is 0 Å². The van der Waals surface area contributed by atoms with Gasteiger partial charge in [-0.15, -0.1) is 0 Å². The topological polar surface area (TPSA) is 86.8 Å². The molecule has 36 heavy (non-hydrogen) atoms. The van der Waals surface area contributed by atoms with Crippen LogP contribution in [0, 0.1) is 5.82 Å². The number of benzene rings is 2. The largest absolute Gasteiger partial charge is 0.352 e. The number of hydrogen-bond donors (Lipinski definition) is 1. The van der Waals surface area contributed by atoms with Gasteiger partial charge in [-0.2, -0.15) is 0 Å². The molecule has 0 saturated heterocycles. The first-order valence-corrected chi connectivity index (χ1v) is 14.4. The standard InChI is InChI=1S/C27H36FN3O4S/c1-21(27(33)29-23-13-5-3-6-14-23)30(20-22-12-9-10-17-25(22)28)26(32)18-11-19-31(36(2,34)35)24-15-7-4-8-16-24/h4,7-10,12,15-17,21,23H,3,5-6,11,13-14,18-20H2,1-2H3,(H,29,33). The average molecular weight is 518 g/mol. The van der Waals surface area contributed by atoms with Crippen molar-refractivity contribution in [2.24, 2.45) is 0 Å². The van der Waals surface area contributed by atoms with Gasteiger partial charge >= 0.3 is 0 Å². The van der Waals surface area contributed by atoms with Crippen molar-refractivity contribution in [1.29, 1.82) is 0 Å². The fourth-order valence-electron chi connectivity index (χ4n) is 4.56. The monoisotopic (exact) mass is 517 g/mol. The van der Waals surface area contributed by atoms with Crippen molar-refractivity contribution in [2.45, 2.75) is 70.5 Å². The van der Waals surface area contributed by atoms with Crippen LogP contribution in [0.5, 0.6) is 0 Å². The highest BCUT2D eigenvalue weighted by Gasteiger charge is 2.29. The number of halogens is 1. The Balaban J connectivity index is 1.71. The molecule has 1 fully saturated rings. The second-order valence-corrected chi connectivity index (χ2v) is 11.3. The summed E-state index contributed by atoms with van der Waals surface area (Å²) in [7, 11) is -3.54. The summed E-state index contributed by atoms with van der Waals surface area (Å²) < 4.78 is 40.4. The molecule has 9 heteroatoms. The predicted molar refractivity (Wildman–Crippen MR) is 139 cm³/mol. The second-order valence-electron chi connectivity index (χ2n) is 9.41. The van der Waals surface area contributed by atoms with Crippen LogP contribution in [0.3, 0.4) is 0 Å². The SMILES string of the molecule is CC(C(=O)NC1CCCCC1)N(Cc1ccccc1F)C(=O)CCCN(c1ccccc1)S(C)(=O)=O. The molecule has 196 valence electrons. The summed E-state index contributed by atoms with van der Waals surface area (Å²) >= 11 is 0. The molecule has 1 saturated carbocycles. The Kier molecular flexibility index (Phi) is 9.87. The molecule has 1 aliphatic rings. The number of amides is 2. The summed E-state index contributed by atoms with van der Waals surface area (Å²) in [5, 5.41) is 3.06. The Morgan fingerprint density at radius 2 is 1.67 bits per heavy atom. The lowest BCUT2D eigenvalue weighted by atomic mass is 9.95. The molecule has 0 aliphatic heterocycles. The van der Waals surface area contributed by atoms with E-state index in [1.54, 1.807) is 55.5 Å². The van der Waals surface area contributed by atoms with Crippen molar-refractivity contribution in [3.05, 3.63) is 66.0 Å². The molecule has 0 spiro atoms. The Bertz CT molecular complexity index is 1120. The minimum Gasteiger partial charge on any atom is -0.352 e. The summed E-state index contributed by atoms with van der Waals surface area (Å²) in [4.78, 5) is 27.8. The lowest BCUT2D eigenvalue weighted by molar-refractivity contribution is -0.141. The number of carbonyl (C=O) groups excluding carboxylic acids is 2. The molecule has 2 aromatic carbocycles. The van der Waals surface area contributed by atoms with E-state index in [9.17, 15) is 22.4 Å². The predicted octanol–water partition coefficient (Wildman–Crippen LogP) is 4.24. The van der Waals surface area contributed by atoms with Crippen LogP contribution in [0.1, 0.15) is 57.4 Å². The molecule has 1 atom stereocenters. The molecule has 1 N–H and O–H groups in total. The number of nitrogens with one attached hydrogen (secondary N) is 1. The zero-order chi connectivity index (χ0) is 26.1. The first kappa shape index (κ1) is 27.6. The Morgan fingerprint density at radius 3 is 2.31 bits per heavy atom. The maximum atomic E-state index is 14.4.